The van der Waals surface area contributed by atoms with Gasteiger partial charge in [0.2, 0.25) is 0 Å². The van der Waals surface area contributed by atoms with Crippen molar-refractivity contribution in [1.82, 2.24) is 5.32 Å². The Morgan fingerprint density at radius 3 is 3.17 bits per heavy atom. The van der Waals surface area contributed by atoms with Crippen LogP contribution in [0.15, 0.2) is 18.2 Å². The van der Waals surface area contributed by atoms with Crippen LogP contribution in [0.4, 0.5) is 5.69 Å². The van der Waals surface area contributed by atoms with Crippen molar-refractivity contribution >= 4 is 23.1 Å². The van der Waals surface area contributed by atoms with Gasteiger partial charge in [0, 0.05) is 17.8 Å². The summed E-state index contributed by atoms with van der Waals surface area (Å²) < 4.78 is 5.25. The van der Waals surface area contributed by atoms with Crippen LogP contribution in [0.1, 0.15) is 5.56 Å². The first kappa shape index (κ1) is 7.36. The lowest BCUT2D eigenvalue weighted by Crippen LogP contribution is -2.30. The second-order valence-corrected chi connectivity index (χ2v) is 2.98. The Kier molecular flexibility index (Phi) is 1.62. The van der Waals surface area contributed by atoms with Crippen molar-refractivity contribution in [3.05, 3.63) is 23.8 Å². The third kappa shape index (κ3) is 1.21. The molecule has 0 amide bonds. The van der Waals surface area contributed by atoms with E-state index in [1.807, 2.05) is 12.1 Å². The molecule has 0 radical (unpaired) electrons. The average Bonchev–Trinajstić information content (AvgIpc) is 2.05. The zero-order chi connectivity index (χ0) is 8.55. The molecule has 0 aliphatic carbocycles. The molecule has 1 aromatic carbocycles. The summed E-state index contributed by atoms with van der Waals surface area (Å²) in [5.74, 6) is 0.799. The summed E-state index contributed by atoms with van der Waals surface area (Å²) in [5, 5.41) is 3.34. The molecule has 0 atom stereocenters. The lowest BCUT2D eigenvalue weighted by molar-refractivity contribution is 0.498. The number of rotatable bonds is 0. The Bertz CT molecular complexity index is 338. The number of nitrogen functional groups attached to an aromatic ring is 1. The van der Waals surface area contributed by atoms with Crippen molar-refractivity contribution in [2.75, 3.05) is 5.73 Å². The molecule has 3 N–H and O–H groups in total. The standard InChI is InChI=1S/C8H8N2OS/c9-6-1-2-7-5(3-6)4-10-8(12)11-7/h1-3H,4,9H2,(H,10,12). The second kappa shape index (κ2) is 2.64. The number of anilines is 1. The molecule has 1 aromatic rings. The lowest BCUT2D eigenvalue weighted by atomic mass is 10.1. The average molecular weight is 180 g/mol. The van der Waals surface area contributed by atoms with E-state index in [4.69, 9.17) is 22.7 Å². The van der Waals surface area contributed by atoms with Crippen LogP contribution < -0.4 is 15.8 Å². The molecule has 0 fully saturated rings. The SMILES string of the molecule is Nc1ccc2c(c1)CNC(=S)O2. The van der Waals surface area contributed by atoms with E-state index >= 15 is 0 Å². The molecule has 1 aliphatic heterocycles. The van der Waals surface area contributed by atoms with Crippen LogP contribution in [-0.4, -0.2) is 5.17 Å². The fraction of sp³-hybridized carbons (Fsp3) is 0.125. The van der Waals surface area contributed by atoms with Crippen LogP contribution >= 0.6 is 12.2 Å². The van der Waals surface area contributed by atoms with Crippen molar-refractivity contribution in [3.63, 3.8) is 0 Å². The van der Waals surface area contributed by atoms with Crippen LogP contribution in [0, 0.1) is 0 Å². The minimum atomic E-state index is 0.423. The van der Waals surface area contributed by atoms with Crippen LogP contribution in [-0.2, 0) is 6.54 Å². The fourth-order valence-corrected chi connectivity index (χ4v) is 1.30. The van der Waals surface area contributed by atoms with Gasteiger partial charge in [-0.1, -0.05) is 0 Å². The van der Waals surface area contributed by atoms with E-state index in [9.17, 15) is 0 Å². The topological polar surface area (TPSA) is 47.3 Å². The highest BCUT2D eigenvalue weighted by molar-refractivity contribution is 7.80. The van der Waals surface area contributed by atoms with Gasteiger partial charge in [-0.15, -0.1) is 0 Å². The first-order valence-electron chi connectivity index (χ1n) is 3.60. The van der Waals surface area contributed by atoms with Crippen LogP contribution in [0.25, 0.3) is 0 Å². The molecule has 0 saturated heterocycles. The van der Waals surface area contributed by atoms with E-state index in [0.29, 0.717) is 11.7 Å². The molecule has 0 saturated carbocycles. The lowest BCUT2D eigenvalue weighted by Gasteiger charge is -2.18. The molecule has 62 valence electrons. The van der Waals surface area contributed by atoms with Gasteiger partial charge in [-0.25, -0.2) is 0 Å². The molecule has 1 heterocycles. The highest BCUT2D eigenvalue weighted by Crippen LogP contribution is 2.23. The molecule has 4 heteroatoms. The molecule has 0 aromatic heterocycles. The zero-order valence-corrected chi connectivity index (χ0v) is 7.15. The van der Waals surface area contributed by atoms with Crippen LogP contribution in [0.5, 0.6) is 5.75 Å². The fourth-order valence-electron chi connectivity index (χ4n) is 1.14. The Morgan fingerprint density at radius 2 is 2.33 bits per heavy atom. The van der Waals surface area contributed by atoms with Gasteiger partial charge in [0.15, 0.2) is 0 Å². The van der Waals surface area contributed by atoms with Gasteiger partial charge in [-0.2, -0.15) is 0 Å². The highest BCUT2D eigenvalue weighted by Gasteiger charge is 2.12. The number of nitrogens with two attached hydrogens (primary N) is 1. The van der Waals surface area contributed by atoms with Crippen molar-refractivity contribution < 1.29 is 4.74 Å². The molecule has 1 aliphatic rings. The monoisotopic (exact) mass is 180 g/mol. The number of fused-ring (bicyclic) bond motifs is 1. The van der Waals surface area contributed by atoms with Gasteiger partial charge in [0.25, 0.3) is 5.17 Å². The van der Waals surface area contributed by atoms with Gasteiger partial charge >= 0.3 is 0 Å². The third-order valence-electron chi connectivity index (χ3n) is 1.71. The van der Waals surface area contributed by atoms with Gasteiger partial charge in [-0.3, -0.25) is 0 Å². The van der Waals surface area contributed by atoms with E-state index in [2.05, 4.69) is 5.32 Å². The first-order chi connectivity index (χ1) is 5.75. The summed E-state index contributed by atoms with van der Waals surface area (Å²) in [6, 6.07) is 5.51. The van der Waals surface area contributed by atoms with Gasteiger partial charge in [0.1, 0.15) is 5.75 Å². The molecule has 12 heavy (non-hydrogen) atoms. The van der Waals surface area contributed by atoms with E-state index in [1.54, 1.807) is 6.07 Å². The largest absolute Gasteiger partial charge is 0.432 e. The number of nitrogens with one attached hydrogen (secondary N) is 1. The van der Waals surface area contributed by atoms with Gasteiger partial charge < -0.3 is 15.8 Å². The Balaban J connectivity index is 2.43. The van der Waals surface area contributed by atoms with Crippen molar-refractivity contribution in [1.29, 1.82) is 0 Å². The summed E-state index contributed by atoms with van der Waals surface area (Å²) >= 11 is 4.85. The maximum Gasteiger partial charge on any atom is 0.262 e. The predicted octanol–water partition coefficient (Wildman–Crippen LogP) is 1.04. The molecule has 3 nitrogen and oxygen atoms in total. The molecular formula is C8H8N2OS. The minimum absolute atomic E-state index is 0.423. The van der Waals surface area contributed by atoms with Crippen LogP contribution in [0.2, 0.25) is 0 Å². The van der Waals surface area contributed by atoms with E-state index in [-0.39, 0.29) is 0 Å². The molecule has 0 bridgehead atoms. The van der Waals surface area contributed by atoms with E-state index in [1.165, 1.54) is 0 Å². The van der Waals surface area contributed by atoms with Crippen molar-refractivity contribution in [3.8, 4) is 5.75 Å². The molecular weight excluding hydrogens is 172 g/mol. The number of hydrogen-bond donors (Lipinski definition) is 2. The minimum Gasteiger partial charge on any atom is -0.432 e. The van der Waals surface area contributed by atoms with E-state index in [0.717, 1.165) is 17.0 Å². The normalized spacial score (nSPS) is 14.5. The van der Waals surface area contributed by atoms with Crippen LogP contribution in [0.3, 0.4) is 0 Å². The van der Waals surface area contributed by atoms with Gasteiger partial charge in [-0.05, 0) is 30.4 Å². The number of thiocarbonyl (C=S) groups is 1. The molecule has 2 rings (SSSR count). The summed E-state index contributed by atoms with van der Waals surface area (Å²) in [5.41, 5.74) is 7.39. The highest BCUT2D eigenvalue weighted by atomic mass is 32.1. The summed E-state index contributed by atoms with van der Waals surface area (Å²) in [4.78, 5) is 0. The number of benzene rings is 1. The van der Waals surface area contributed by atoms with Crippen molar-refractivity contribution in [2.24, 2.45) is 0 Å². The van der Waals surface area contributed by atoms with Crippen molar-refractivity contribution in [2.45, 2.75) is 6.54 Å². The maximum absolute atomic E-state index is 5.60. The molecule has 0 unspecified atom stereocenters. The Hall–Kier alpha value is -1.29. The number of ether oxygens (including phenoxy) is 1. The predicted molar refractivity (Wildman–Crippen MR) is 50.9 cm³/mol. The summed E-state index contributed by atoms with van der Waals surface area (Å²) in [6.07, 6.45) is 0. The van der Waals surface area contributed by atoms with Gasteiger partial charge in [0.05, 0.1) is 0 Å². The summed E-state index contributed by atoms with van der Waals surface area (Å²) in [6.45, 7) is 0.694. The second-order valence-electron chi connectivity index (χ2n) is 2.61. The smallest absolute Gasteiger partial charge is 0.262 e. The quantitative estimate of drug-likeness (QED) is 0.462. The summed E-state index contributed by atoms with van der Waals surface area (Å²) in [7, 11) is 0. The van der Waals surface area contributed by atoms with E-state index < -0.39 is 0 Å². The zero-order valence-electron chi connectivity index (χ0n) is 6.33. The molecule has 0 spiro atoms. The number of hydrogen-bond acceptors (Lipinski definition) is 3. The Labute approximate surface area is 75.5 Å². The maximum atomic E-state index is 5.60. The Morgan fingerprint density at radius 1 is 1.50 bits per heavy atom. The third-order valence-corrected chi connectivity index (χ3v) is 1.94. The first-order valence-corrected chi connectivity index (χ1v) is 4.00.